The van der Waals surface area contributed by atoms with E-state index in [0.29, 0.717) is 5.41 Å². The van der Waals surface area contributed by atoms with Crippen molar-refractivity contribution < 1.29 is 0 Å². The van der Waals surface area contributed by atoms with Gasteiger partial charge in [-0.25, -0.2) is 0 Å². The maximum Gasteiger partial charge on any atom is 0.0422 e. The number of hydrogen-bond donors (Lipinski definition) is 1. The molecule has 0 aromatic carbocycles. The fourth-order valence-electron chi connectivity index (χ4n) is 3.58. The Balaban J connectivity index is 1.99. The molecule has 2 nitrogen and oxygen atoms in total. The molecule has 2 rings (SSSR count). The van der Waals surface area contributed by atoms with Crippen molar-refractivity contribution in [3.8, 4) is 0 Å². The van der Waals surface area contributed by atoms with Gasteiger partial charge in [0, 0.05) is 23.9 Å². The molecule has 1 atom stereocenters. The third-order valence-corrected chi connectivity index (χ3v) is 6.60. The normalized spacial score (nSPS) is 33.8. The van der Waals surface area contributed by atoms with Crippen molar-refractivity contribution in [3.05, 3.63) is 0 Å². The number of likely N-dealkylation sites (N-methyl/N-ethyl adjacent to an activating group) is 1. The van der Waals surface area contributed by atoms with Gasteiger partial charge in [0.2, 0.25) is 0 Å². The Labute approximate surface area is 117 Å². The van der Waals surface area contributed by atoms with Gasteiger partial charge in [0.1, 0.15) is 0 Å². The van der Waals surface area contributed by atoms with E-state index < -0.39 is 0 Å². The quantitative estimate of drug-likeness (QED) is 0.854. The van der Waals surface area contributed by atoms with E-state index >= 15 is 0 Å². The van der Waals surface area contributed by atoms with E-state index in [1.54, 1.807) is 0 Å². The van der Waals surface area contributed by atoms with Crippen molar-refractivity contribution >= 4 is 11.8 Å². The summed E-state index contributed by atoms with van der Waals surface area (Å²) in [4.78, 5) is 2.66. The van der Waals surface area contributed by atoms with Crippen LogP contribution in [0.25, 0.3) is 0 Å². The summed E-state index contributed by atoms with van der Waals surface area (Å²) in [6.45, 7) is 5.66. The summed E-state index contributed by atoms with van der Waals surface area (Å²) in [5.74, 6) is 2.56. The van der Waals surface area contributed by atoms with E-state index in [0.717, 1.165) is 12.6 Å². The first-order valence-corrected chi connectivity index (χ1v) is 8.65. The minimum absolute atomic E-state index is 0.287. The van der Waals surface area contributed by atoms with E-state index in [9.17, 15) is 0 Å². The largest absolute Gasteiger partial charge is 0.329 e. The lowest BCUT2D eigenvalue weighted by Gasteiger charge is -2.50. The molecule has 106 valence electrons. The Hall–Kier alpha value is 0.270. The Morgan fingerprint density at radius 3 is 2.39 bits per heavy atom. The zero-order valence-corrected chi connectivity index (χ0v) is 13.2. The Kier molecular flexibility index (Phi) is 4.66. The van der Waals surface area contributed by atoms with Crippen LogP contribution in [-0.4, -0.2) is 41.6 Å². The number of nitrogens with zero attached hydrogens (tertiary/aromatic N) is 1. The van der Waals surface area contributed by atoms with E-state index in [-0.39, 0.29) is 5.54 Å². The van der Waals surface area contributed by atoms with E-state index in [1.165, 1.54) is 50.0 Å². The molecule has 0 aromatic heterocycles. The predicted octanol–water partition coefficient (Wildman–Crippen LogP) is 3.11. The van der Waals surface area contributed by atoms with Gasteiger partial charge >= 0.3 is 0 Å². The van der Waals surface area contributed by atoms with Gasteiger partial charge in [0.15, 0.2) is 0 Å². The van der Waals surface area contributed by atoms with Gasteiger partial charge in [0.05, 0.1) is 0 Å². The molecule has 1 unspecified atom stereocenters. The summed E-state index contributed by atoms with van der Waals surface area (Å²) in [6, 6.07) is 0.764. The predicted molar refractivity (Wildman–Crippen MR) is 82.1 cm³/mol. The summed E-state index contributed by atoms with van der Waals surface area (Å²) in [5, 5.41) is 0. The number of thioether (sulfide) groups is 1. The molecule has 1 saturated carbocycles. The molecule has 3 heteroatoms. The lowest BCUT2D eigenvalue weighted by Crippen LogP contribution is -2.59. The fourth-order valence-corrected chi connectivity index (χ4v) is 4.92. The summed E-state index contributed by atoms with van der Waals surface area (Å²) in [5.41, 5.74) is 6.99. The third-order valence-electron chi connectivity index (χ3n) is 5.29. The molecule has 2 fully saturated rings. The SMILES string of the molecule is CN(C1CCC(C)(C)CC1)C1(CN)CCCSC1. The number of rotatable bonds is 3. The van der Waals surface area contributed by atoms with Crippen molar-refractivity contribution in [1.82, 2.24) is 4.90 Å². The van der Waals surface area contributed by atoms with Gasteiger partial charge in [0.25, 0.3) is 0 Å². The monoisotopic (exact) mass is 270 g/mol. The third kappa shape index (κ3) is 3.05. The zero-order valence-electron chi connectivity index (χ0n) is 12.4. The highest BCUT2D eigenvalue weighted by atomic mass is 32.2. The van der Waals surface area contributed by atoms with Crippen LogP contribution in [0.4, 0.5) is 0 Å². The molecule has 0 bridgehead atoms. The van der Waals surface area contributed by atoms with Crippen LogP contribution >= 0.6 is 11.8 Å². The summed E-state index contributed by atoms with van der Waals surface area (Å²) >= 11 is 2.10. The fraction of sp³-hybridized carbons (Fsp3) is 1.00. The molecular formula is C15H30N2S. The van der Waals surface area contributed by atoms with Crippen LogP contribution in [0.1, 0.15) is 52.4 Å². The highest BCUT2D eigenvalue weighted by molar-refractivity contribution is 7.99. The number of nitrogens with two attached hydrogens (primary N) is 1. The zero-order chi connectivity index (χ0) is 13.2. The van der Waals surface area contributed by atoms with Crippen LogP contribution in [0.15, 0.2) is 0 Å². The Bertz CT molecular complexity index is 262. The van der Waals surface area contributed by atoms with Gasteiger partial charge < -0.3 is 5.73 Å². The molecule has 1 aliphatic carbocycles. The second-order valence-corrected chi connectivity index (χ2v) is 8.20. The van der Waals surface area contributed by atoms with E-state index in [1.807, 2.05) is 0 Å². The molecular weight excluding hydrogens is 240 g/mol. The molecule has 0 spiro atoms. The molecule has 2 N–H and O–H groups in total. The molecule has 2 aliphatic rings. The molecule has 0 radical (unpaired) electrons. The van der Waals surface area contributed by atoms with Crippen LogP contribution in [-0.2, 0) is 0 Å². The second-order valence-electron chi connectivity index (χ2n) is 7.09. The maximum absolute atomic E-state index is 6.14. The average Bonchev–Trinajstić information content (AvgIpc) is 2.39. The lowest BCUT2D eigenvalue weighted by atomic mass is 9.74. The van der Waals surface area contributed by atoms with Crippen molar-refractivity contribution in [2.45, 2.75) is 64.0 Å². The Morgan fingerprint density at radius 2 is 1.89 bits per heavy atom. The molecule has 1 aliphatic heterocycles. The molecule has 1 saturated heterocycles. The van der Waals surface area contributed by atoms with Gasteiger partial charge in [-0.3, -0.25) is 4.90 Å². The maximum atomic E-state index is 6.14. The van der Waals surface area contributed by atoms with E-state index in [4.69, 9.17) is 5.73 Å². The van der Waals surface area contributed by atoms with E-state index in [2.05, 4.69) is 37.6 Å². The van der Waals surface area contributed by atoms with Gasteiger partial charge in [-0.1, -0.05) is 13.8 Å². The molecule has 1 heterocycles. The van der Waals surface area contributed by atoms with Crippen LogP contribution in [0.5, 0.6) is 0 Å². The van der Waals surface area contributed by atoms with Gasteiger partial charge in [-0.15, -0.1) is 0 Å². The van der Waals surface area contributed by atoms with Crippen molar-refractivity contribution in [3.63, 3.8) is 0 Å². The van der Waals surface area contributed by atoms with Crippen LogP contribution in [0.3, 0.4) is 0 Å². The summed E-state index contributed by atoms with van der Waals surface area (Å²) < 4.78 is 0. The topological polar surface area (TPSA) is 29.3 Å². The van der Waals surface area contributed by atoms with Gasteiger partial charge in [-0.2, -0.15) is 11.8 Å². The van der Waals surface area contributed by atoms with Crippen molar-refractivity contribution in [1.29, 1.82) is 0 Å². The Morgan fingerprint density at radius 1 is 1.22 bits per heavy atom. The first-order valence-electron chi connectivity index (χ1n) is 7.50. The molecule has 0 amide bonds. The van der Waals surface area contributed by atoms with Crippen LogP contribution in [0.2, 0.25) is 0 Å². The minimum atomic E-state index is 0.287. The second kappa shape index (κ2) is 5.72. The highest BCUT2D eigenvalue weighted by Gasteiger charge is 2.40. The highest BCUT2D eigenvalue weighted by Crippen LogP contribution is 2.40. The summed E-state index contributed by atoms with van der Waals surface area (Å²) in [7, 11) is 2.34. The van der Waals surface area contributed by atoms with Crippen LogP contribution < -0.4 is 5.73 Å². The van der Waals surface area contributed by atoms with Gasteiger partial charge in [-0.05, 0) is 56.7 Å². The number of hydrogen-bond acceptors (Lipinski definition) is 3. The first-order chi connectivity index (χ1) is 8.49. The molecule has 0 aromatic rings. The summed E-state index contributed by atoms with van der Waals surface area (Å²) in [6.07, 6.45) is 8.09. The first kappa shape index (κ1) is 14.7. The minimum Gasteiger partial charge on any atom is -0.329 e. The standard InChI is InChI=1S/C15H30N2S/c1-14(2)8-5-13(6-9-14)17(3)15(11-16)7-4-10-18-12-15/h13H,4-12,16H2,1-3H3. The van der Waals surface area contributed by atoms with Crippen molar-refractivity contribution in [2.24, 2.45) is 11.1 Å². The smallest absolute Gasteiger partial charge is 0.0422 e. The van der Waals surface area contributed by atoms with Crippen LogP contribution in [0, 0.1) is 5.41 Å². The lowest BCUT2D eigenvalue weighted by molar-refractivity contribution is 0.0424. The molecule has 18 heavy (non-hydrogen) atoms. The average molecular weight is 270 g/mol. The van der Waals surface area contributed by atoms with Crippen molar-refractivity contribution in [2.75, 3.05) is 25.1 Å².